The minimum Gasteiger partial charge on any atom is -0.396 e. The molecule has 2 saturated heterocycles. The molecule has 0 aromatic heterocycles. The van der Waals surface area contributed by atoms with Crippen LogP contribution < -0.4 is 0 Å². The fourth-order valence-corrected chi connectivity index (χ4v) is 13.7. The average molecular weight is 783 g/mol. The number of aliphatic hydroxyl groups excluding tert-OH is 9. The lowest BCUT2D eigenvalue weighted by molar-refractivity contribution is -0.367. The van der Waals surface area contributed by atoms with Crippen LogP contribution in [0.15, 0.2) is 11.6 Å². The molecule has 0 radical (unpaired) electrons. The van der Waals surface area contributed by atoms with Gasteiger partial charge in [0, 0.05) is 10.8 Å². The van der Waals surface area contributed by atoms with Crippen LogP contribution in [0.5, 0.6) is 0 Å². The molecule has 9 N–H and O–H groups in total. The molecule has 0 bridgehead atoms. The molecule has 7 rings (SSSR count). The van der Waals surface area contributed by atoms with E-state index in [4.69, 9.17) is 18.9 Å². The van der Waals surface area contributed by atoms with E-state index in [9.17, 15) is 46.0 Å². The fraction of sp³-hybridized carbons (Fsp3) is 0.952. The van der Waals surface area contributed by atoms with E-state index in [0.29, 0.717) is 12.8 Å². The summed E-state index contributed by atoms with van der Waals surface area (Å²) >= 11 is 0. The Bertz CT molecular complexity index is 1440. The SMILES string of the molecule is C[C@H]1O[C@@H](O[C@H]2CC[C@@]3(C)[C@@H](CC[C@]4(C)[C@@H]3CC=C3[C@@H]5CC(C)(C)CC[C@]5(CO)[C@@H](O)C[C@]34C)[C@]2(C)CO)[C@H](O)[C@@H](O[C@@H]2O[C@H](CO)[C@@H](O)[C@H](O)[C@H]2O)[C@H]1O. The van der Waals surface area contributed by atoms with E-state index >= 15 is 0 Å². The van der Waals surface area contributed by atoms with E-state index in [-0.39, 0.29) is 52.6 Å². The predicted octanol–water partition coefficient (Wildman–Crippen LogP) is 1.76. The third kappa shape index (κ3) is 6.19. The molecule has 4 saturated carbocycles. The molecule has 0 spiro atoms. The molecule has 13 nitrogen and oxygen atoms in total. The van der Waals surface area contributed by atoms with E-state index in [2.05, 4.69) is 47.6 Å². The summed E-state index contributed by atoms with van der Waals surface area (Å²) in [5.41, 5.74) is -0.225. The Labute approximate surface area is 326 Å². The van der Waals surface area contributed by atoms with Crippen LogP contribution in [-0.4, -0.2) is 139 Å². The molecule has 0 aromatic rings. The van der Waals surface area contributed by atoms with Crippen molar-refractivity contribution in [2.45, 2.75) is 180 Å². The van der Waals surface area contributed by atoms with E-state index in [1.54, 1.807) is 6.92 Å². The Balaban J connectivity index is 1.13. The first-order chi connectivity index (χ1) is 25.7. The fourth-order valence-electron chi connectivity index (χ4n) is 13.7. The number of ether oxygens (including phenoxy) is 4. The molecule has 13 heteroatoms. The Morgan fingerprint density at radius 3 is 2.05 bits per heavy atom. The summed E-state index contributed by atoms with van der Waals surface area (Å²) in [5, 5.41) is 97.7. The minimum atomic E-state index is -1.73. The molecular weight excluding hydrogens is 712 g/mol. The first-order valence-corrected chi connectivity index (χ1v) is 20.9. The standard InChI is InChI=1S/C42H70O13/c1-21-29(47)34(55-35-32(50)31(49)30(48)24(18-43)53-35)33(51)36(52-21)54-28-11-12-38(4)25(39(28,5)19-44)10-13-40(6)26(38)9-8-22-23-16-37(2,3)14-15-42(23,20-45)27(46)17-41(22,40)7/h8,21,23-36,43-51H,9-20H2,1-7H3/t21-,23+,24-,25-,26-,27+,28+,29+,30-,31+,32-,33-,34+,35+,36+,38+,39+,40-,41-,42-/m1/s1. The molecule has 5 aliphatic carbocycles. The molecule has 0 aromatic carbocycles. The third-order valence-corrected chi connectivity index (χ3v) is 17.5. The van der Waals surface area contributed by atoms with Crippen molar-refractivity contribution in [2.75, 3.05) is 19.8 Å². The van der Waals surface area contributed by atoms with E-state index in [1.165, 1.54) is 5.57 Å². The van der Waals surface area contributed by atoms with Crippen LogP contribution in [0.25, 0.3) is 0 Å². The molecule has 7 aliphatic rings. The van der Waals surface area contributed by atoms with Crippen molar-refractivity contribution in [3.05, 3.63) is 11.6 Å². The molecule has 6 fully saturated rings. The van der Waals surface area contributed by atoms with Gasteiger partial charge in [0.05, 0.1) is 38.1 Å². The Morgan fingerprint density at radius 1 is 0.709 bits per heavy atom. The maximum Gasteiger partial charge on any atom is 0.187 e. The number of allylic oxidation sites excluding steroid dienone is 2. The lowest BCUT2D eigenvalue weighted by Gasteiger charge is -2.72. The number of hydrogen-bond donors (Lipinski definition) is 9. The van der Waals surface area contributed by atoms with Crippen LogP contribution in [0.1, 0.15) is 106 Å². The van der Waals surface area contributed by atoms with Gasteiger partial charge in [0.2, 0.25) is 0 Å². The number of rotatable bonds is 7. The highest BCUT2D eigenvalue weighted by Gasteiger charge is 2.70. The maximum absolute atomic E-state index is 12.0. The van der Waals surface area contributed by atoms with Gasteiger partial charge in [-0.15, -0.1) is 0 Å². The monoisotopic (exact) mass is 782 g/mol. The second kappa shape index (κ2) is 14.4. The van der Waals surface area contributed by atoms with Gasteiger partial charge in [0.1, 0.15) is 42.7 Å². The van der Waals surface area contributed by atoms with Crippen molar-refractivity contribution in [1.29, 1.82) is 0 Å². The quantitative estimate of drug-likeness (QED) is 0.133. The Kier molecular flexibility index (Phi) is 11.1. The summed E-state index contributed by atoms with van der Waals surface area (Å²) in [6.45, 7) is 14.7. The van der Waals surface area contributed by atoms with Crippen LogP contribution in [0.3, 0.4) is 0 Å². The largest absolute Gasteiger partial charge is 0.396 e. The summed E-state index contributed by atoms with van der Waals surface area (Å²) in [6, 6.07) is 0. The molecular formula is C42H70O13. The van der Waals surface area contributed by atoms with Gasteiger partial charge in [0.15, 0.2) is 12.6 Å². The van der Waals surface area contributed by atoms with Gasteiger partial charge in [0.25, 0.3) is 0 Å². The highest BCUT2D eigenvalue weighted by molar-refractivity contribution is 5.35. The number of aliphatic hydroxyl groups is 9. The predicted molar refractivity (Wildman–Crippen MR) is 199 cm³/mol. The van der Waals surface area contributed by atoms with Gasteiger partial charge in [-0.05, 0) is 104 Å². The van der Waals surface area contributed by atoms with Gasteiger partial charge < -0.3 is 64.9 Å². The van der Waals surface area contributed by atoms with Crippen LogP contribution in [0, 0.1) is 50.2 Å². The summed E-state index contributed by atoms with van der Waals surface area (Å²) in [6.07, 6.45) is -5.48. The average Bonchev–Trinajstić information content (AvgIpc) is 3.13. The zero-order chi connectivity index (χ0) is 40.3. The van der Waals surface area contributed by atoms with E-state index in [1.807, 2.05) is 0 Å². The molecule has 0 amide bonds. The van der Waals surface area contributed by atoms with E-state index < -0.39 is 91.1 Å². The van der Waals surface area contributed by atoms with Crippen LogP contribution in [-0.2, 0) is 18.9 Å². The van der Waals surface area contributed by atoms with Crippen molar-refractivity contribution < 1.29 is 64.9 Å². The molecule has 2 aliphatic heterocycles. The lowest BCUT2D eigenvalue weighted by atomic mass is 9.33. The first kappa shape index (κ1) is 42.3. The number of hydrogen-bond acceptors (Lipinski definition) is 13. The van der Waals surface area contributed by atoms with Gasteiger partial charge in [-0.25, -0.2) is 0 Å². The second-order valence-electron chi connectivity index (χ2n) is 20.6. The van der Waals surface area contributed by atoms with Crippen molar-refractivity contribution in [1.82, 2.24) is 0 Å². The smallest absolute Gasteiger partial charge is 0.187 e. The zero-order valence-corrected chi connectivity index (χ0v) is 33.9. The highest BCUT2D eigenvalue weighted by atomic mass is 16.7. The lowest BCUT2D eigenvalue weighted by Crippen LogP contribution is -2.68. The first-order valence-electron chi connectivity index (χ1n) is 20.9. The van der Waals surface area contributed by atoms with Crippen molar-refractivity contribution in [3.63, 3.8) is 0 Å². The third-order valence-electron chi connectivity index (χ3n) is 17.5. The van der Waals surface area contributed by atoms with Crippen molar-refractivity contribution in [2.24, 2.45) is 50.2 Å². The molecule has 0 unspecified atom stereocenters. The highest BCUT2D eigenvalue weighted by Crippen LogP contribution is 2.76. The topological polar surface area (TPSA) is 219 Å². The summed E-state index contributed by atoms with van der Waals surface area (Å²) in [4.78, 5) is 0. The Hall–Kier alpha value is -0.780. The normalized spacial score (nSPS) is 56.4. The van der Waals surface area contributed by atoms with E-state index in [0.717, 1.165) is 44.9 Å². The molecule has 20 atom stereocenters. The van der Waals surface area contributed by atoms with Crippen molar-refractivity contribution >= 4 is 0 Å². The van der Waals surface area contributed by atoms with Gasteiger partial charge in [-0.1, -0.05) is 53.2 Å². The number of fused-ring (bicyclic) bond motifs is 7. The van der Waals surface area contributed by atoms with Gasteiger partial charge >= 0.3 is 0 Å². The molecule has 316 valence electrons. The summed E-state index contributed by atoms with van der Waals surface area (Å²) < 4.78 is 24.1. The molecule has 2 heterocycles. The zero-order valence-electron chi connectivity index (χ0n) is 33.9. The maximum atomic E-state index is 12.0. The van der Waals surface area contributed by atoms with Crippen LogP contribution in [0.4, 0.5) is 0 Å². The molecule has 55 heavy (non-hydrogen) atoms. The minimum absolute atomic E-state index is 0.00369. The van der Waals surface area contributed by atoms with Gasteiger partial charge in [-0.3, -0.25) is 0 Å². The Morgan fingerprint density at radius 2 is 1.40 bits per heavy atom. The second-order valence-corrected chi connectivity index (χ2v) is 20.6. The van der Waals surface area contributed by atoms with Crippen molar-refractivity contribution in [3.8, 4) is 0 Å². The summed E-state index contributed by atoms with van der Waals surface area (Å²) in [5.74, 6) is 0.457. The van der Waals surface area contributed by atoms with Crippen LogP contribution in [0.2, 0.25) is 0 Å². The van der Waals surface area contributed by atoms with Gasteiger partial charge in [-0.2, -0.15) is 0 Å². The summed E-state index contributed by atoms with van der Waals surface area (Å²) in [7, 11) is 0. The van der Waals surface area contributed by atoms with Crippen LogP contribution >= 0.6 is 0 Å².